The van der Waals surface area contributed by atoms with E-state index in [-0.39, 0.29) is 11.3 Å². The summed E-state index contributed by atoms with van der Waals surface area (Å²) in [5.74, 6) is 0.0649. The average molecular weight is 509 g/mol. The Balaban J connectivity index is 2.49. The molecule has 1 aromatic heterocycles. The lowest BCUT2D eigenvalue weighted by Crippen LogP contribution is -2.06. The van der Waals surface area contributed by atoms with Gasteiger partial charge in [0.1, 0.15) is 11.8 Å². The zero-order valence-corrected chi connectivity index (χ0v) is 17.4. The molecular formula is C16H14F2IN3O2S2. The number of halogens is 3. The molecule has 0 aliphatic rings. The van der Waals surface area contributed by atoms with E-state index in [4.69, 9.17) is 5.26 Å². The topological polar surface area (TPSA) is 67.1 Å². The number of ketones is 1. The quantitative estimate of drug-likeness (QED) is 0.115. The first kappa shape index (κ1) is 20.9. The predicted octanol–water partition coefficient (Wildman–Crippen LogP) is 5.82. The molecule has 0 bridgehead atoms. The van der Waals surface area contributed by atoms with Crippen molar-refractivity contribution >= 4 is 64.6 Å². The number of aromatic nitrogens is 1. The van der Waals surface area contributed by atoms with E-state index in [0.29, 0.717) is 34.5 Å². The number of rotatable bonds is 9. The molecule has 0 unspecified atom stereocenters. The third kappa shape index (κ3) is 4.44. The fourth-order valence-corrected chi connectivity index (χ4v) is 4.61. The van der Waals surface area contributed by atoms with Crippen molar-refractivity contribution in [3.63, 3.8) is 0 Å². The number of hydrogen-bond donors (Lipinski definition) is 1. The number of fused-ring (bicyclic) bond motifs is 1. The minimum Gasteiger partial charge on any atom is -0.326 e. The number of hydrogen-bond acceptors (Lipinski definition) is 6. The maximum Gasteiger partial charge on any atom is 0.220 e. The molecule has 0 amide bonds. The van der Waals surface area contributed by atoms with Gasteiger partial charge in [-0.3, -0.25) is 18.1 Å². The molecule has 0 aliphatic carbocycles. The molecule has 0 aliphatic heterocycles. The fourth-order valence-electron chi connectivity index (χ4n) is 2.23. The molecule has 5 nitrogen and oxygen atoms in total. The minimum absolute atomic E-state index is 0.0293. The maximum atomic E-state index is 12.9. The summed E-state index contributed by atoms with van der Waals surface area (Å²) in [6.45, 7) is 1.19. The van der Waals surface area contributed by atoms with Crippen molar-refractivity contribution in [1.29, 1.82) is 5.26 Å². The fraction of sp³-hybridized carbons (Fsp3) is 0.250. The lowest BCUT2D eigenvalue weighted by molar-refractivity contribution is -0.00504. The van der Waals surface area contributed by atoms with E-state index < -0.39 is 12.5 Å². The summed E-state index contributed by atoms with van der Waals surface area (Å²) in [6.07, 6.45) is 1.83. The van der Waals surface area contributed by atoms with Gasteiger partial charge in [0, 0.05) is 46.0 Å². The summed E-state index contributed by atoms with van der Waals surface area (Å²) in [7, 11) is 1.26. The van der Waals surface area contributed by atoms with Gasteiger partial charge in [-0.1, -0.05) is 18.0 Å². The maximum absolute atomic E-state index is 12.9. The monoisotopic (exact) mass is 509 g/mol. The Kier molecular flexibility index (Phi) is 8.05. The highest BCUT2D eigenvalue weighted by Crippen LogP contribution is 2.37. The van der Waals surface area contributed by atoms with Crippen molar-refractivity contribution in [3.8, 4) is 11.8 Å². The third-order valence-corrected chi connectivity index (χ3v) is 6.03. The van der Waals surface area contributed by atoms with Crippen molar-refractivity contribution in [2.45, 2.75) is 13.3 Å². The van der Waals surface area contributed by atoms with Crippen LogP contribution in [0.1, 0.15) is 23.8 Å². The molecule has 138 valence electrons. The van der Waals surface area contributed by atoms with E-state index in [0.717, 1.165) is 0 Å². The molecule has 2 aromatic rings. The van der Waals surface area contributed by atoms with Crippen LogP contribution in [0, 0.1) is 11.3 Å². The Morgan fingerprint density at radius 2 is 2.27 bits per heavy atom. The molecule has 1 N–H and O–H groups in total. The van der Waals surface area contributed by atoms with Crippen LogP contribution in [0.15, 0.2) is 29.8 Å². The molecule has 10 heteroatoms. The summed E-state index contributed by atoms with van der Waals surface area (Å²) >= 11 is 3.26. The smallest absolute Gasteiger partial charge is 0.220 e. The van der Waals surface area contributed by atoms with Crippen LogP contribution in [0.3, 0.4) is 0 Å². The van der Waals surface area contributed by atoms with Gasteiger partial charge in [0.25, 0.3) is 0 Å². The SMILES string of the molecule is C/C=C(\C#N)C(=O)c1cc2cc(OF)c(NSCCCF)cc2n1SI. The van der Waals surface area contributed by atoms with Crippen LogP contribution < -0.4 is 9.66 Å². The van der Waals surface area contributed by atoms with Crippen LogP contribution in [0.25, 0.3) is 10.9 Å². The van der Waals surface area contributed by atoms with Gasteiger partial charge in [-0.15, -0.1) is 0 Å². The molecule has 2 rings (SSSR count). The van der Waals surface area contributed by atoms with Gasteiger partial charge in [0.2, 0.25) is 5.78 Å². The van der Waals surface area contributed by atoms with Crippen LogP contribution in [0.2, 0.25) is 0 Å². The Hall–Kier alpha value is -1.45. The van der Waals surface area contributed by atoms with Crippen molar-refractivity contribution in [2.24, 2.45) is 0 Å². The molecule has 0 atom stereocenters. The van der Waals surface area contributed by atoms with Crippen LogP contribution in [0.4, 0.5) is 14.6 Å². The first-order valence-corrected chi connectivity index (χ1v) is 11.7. The highest BCUT2D eigenvalue weighted by atomic mass is 127. The van der Waals surface area contributed by atoms with Gasteiger partial charge in [-0.25, -0.2) is 0 Å². The van der Waals surface area contributed by atoms with E-state index in [9.17, 15) is 13.7 Å². The standard InChI is InChI=1S/C16H14F2IN3O2S2/c1-2-10(9-20)16(23)14-6-11-7-15(24-18)12(21-25-5-3-4-17)8-13(11)22(14)26-19/h2,6-8,21H,3-5H2,1H3/b10-2+. The second-order valence-corrected chi connectivity index (χ2v) is 7.60. The van der Waals surface area contributed by atoms with Gasteiger partial charge in [0.05, 0.1) is 23.5 Å². The molecular weight excluding hydrogens is 495 g/mol. The normalized spacial score (nSPS) is 11.4. The van der Waals surface area contributed by atoms with E-state index in [1.165, 1.54) is 33.2 Å². The summed E-state index contributed by atoms with van der Waals surface area (Å²) in [4.78, 5) is 16.5. The van der Waals surface area contributed by atoms with Gasteiger partial charge < -0.3 is 4.72 Å². The first-order valence-electron chi connectivity index (χ1n) is 7.43. The number of carbonyl (C=O) groups excluding carboxylic acids is 1. The number of anilines is 1. The number of carbonyl (C=O) groups is 1. The van der Waals surface area contributed by atoms with Crippen molar-refractivity contribution in [1.82, 2.24) is 3.97 Å². The number of benzene rings is 1. The Bertz CT molecular complexity index is 880. The minimum atomic E-state index is -0.424. The van der Waals surface area contributed by atoms with E-state index in [2.05, 4.69) is 9.66 Å². The highest BCUT2D eigenvalue weighted by Gasteiger charge is 2.21. The second kappa shape index (κ2) is 10.0. The lowest BCUT2D eigenvalue weighted by Gasteiger charge is -2.09. The molecule has 0 fully saturated rings. The Labute approximate surface area is 169 Å². The zero-order chi connectivity index (χ0) is 19.1. The summed E-state index contributed by atoms with van der Waals surface area (Å²) in [5, 5.41) is 9.69. The number of alkyl halides is 1. The largest absolute Gasteiger partial charge is 0.326 e. The molecule has 1 heterocycles. The molecule has 0 saturated carbocycles. The third-order valence-electron chi connectivity index (χ3n) is 3.46. The number of Topliss-reactive ketones (excluding diaryl/α,β-unsaturated/α-hetero) is 1. The van der Waals surface area contributed by atoms with E-state index in [1.54, 1.807) is 23.0 Å². The molecule has 0 saturated heterocycles. The second-order valence-electron chi connectivity index (χ2n) is 5.01. The Morgan fingerprint density at radius 3 is 2.85 bits per heavy atom. The van der Waals surface area contributed by atoms with Crippen LogP contribution in [-0.4, -0.2) is 22.2 Å². The summed E-state index contributed by atoms with van der Waals surface area (Å²) in [5.41, 5.74) is 1.37. The van der Waals surface area contributed by atoms with Crippen molar-refractivity contribution in [2.75, 3.05) is 17.1 Å². The number of allylic oxidation sites excluding steroid dienone is 2. The van der Waals surface area contributed by atoms with Crippen LogP contribution >= 0.6 is 42.3 Å². The average Bonchev–Trinajstić information content (AvgIpc) is 3.02. The molecule has 1 aromatic carbocycles. The van der Waals surface area contributed by atoms with Crippen molar-refractivity contribution in [3.05, 3.63) is 35.5 Å². The van der Waals surface area contributed by atoms with E-state index >= 15 is 0 Å². The first-order chi connectivity index (χ1) is 12.6. The predicted molar refractivity (Wildman–Crippen MR) is 111 cm³/mol. The Morgan fingerprint density at radius 1 is 1.50 bits per heavy atom. The summed E-state index contributed by atoms with van der Waals surface area (Å²) in [6, 6.07) is 6.58. The number of nitrogens with one attached hydrogen (secondary N) is 1. The highest BCUT2D eigenvalue weighted by molar-refractivity contribution is 14.2. The summed E-state index contributed by atoms with van der Waals surface area (Å²) < 4.78 is 29.7. The lowest BCUT2D eigenvalue weighted by atomic mass is 10.1. The van der Waals surface area contributed by atoms with Crippen LogP contribution in [-0.2, 0) is 0 Å². The van der Waals surface area contributed by atoms with Gasteiger partial charge in [-0.05, 0) is 31.5 Å². The van der Waals surface area contributed by atoms with E-state index in [1.807, 2.05) is 27.3 Å². The molecule has 0 spiro atoms. The van der Waals surface area contributed by atoms with Gasteiger partial charge >= 0.3 is 0 Å². The zero-order valence-electron chi connectivity index (χ0n) is 13.6. The van der Waals surface area contributed by atoms with Crippen LogP contribution in [0.5, 0.6) is 5.75 Å². The molecule has 26 heavy (non-hydrogen) atoms. The van der Waals surface area contributed by atoms with Gasteiger partial charge in [0.15, 0.2) is 5.75 Å². The number of nitriles is 1. The van der Waals surface area contributed by atoms with Gasteiger partial charge in [-0.2, -0.15) is 5.26 Å². The van der Waals surface area contributed by atoms with Crippen molar-refractivity contribution < 1.29 is 18.7 Å². The molecule has 0 radical (unpaired) electrons. The number of nitrogens with zero attached hydrogens (tertiary/aromatic N) is 2.